The number of amidine groups is 1. The molecule has 3 heterocycles. The van der Waals surface area contributed by atoms with E-state index in [1.54, 1.807) is 0 Å². The summed E-state index contributed by atoms with van der Waals surface area (Å²) in [7, 11) is 0. The van der Waals surface area contributed by atoms with E-state index in [-0.39, 0.29) is 12.1 Å². The molecule has 2 aliphatic rings. The number of fused-ring (bicyclic) bond motifs is 1. The van der Waals surface area contributed by atoms with Crippen molar-refractivity contribution in [2.24, 2.45) is 4.99 Å². The van der Waals surface area contributed by atoms with Crippen molar-refractivity contribution in [3.8, 4) is 5.75 Å². The molecule has 2 aliphatic heterocycles. The Hall–Kier alpha value is -1.53. The Morgan fingerprint density at radius 1 is 1.32 bits per heavy atom. The van der Waals surface area contributed by atoms with Crippen LogP contribution in [-0.2, 0) is 0 Å². The van der Waals surface area contributed by atoms with E-state index in [4.69, 9.17) is 9.73 Å². The molecular formula is C19H20BrN3OS. The lowest BCUT2D eigenvalue weighted by atomic mass is 9.95. The van der Waals surface area contributed by atoms with E-state index in [0.717, 1.165) is 27.6 Å². The van der Waals surface area contributed by atoms with Crippen molar-refractivity contribution in [3.05, 3.63) is 58.3 Å². The van der Waals surface area contributed by atoms with E-state index in [0.29, 0.717) is 11.9 Å². The molecule has 25 heavy (non-hydrogen) atoms. The first kappa shape index (κ1) is 16.9. The number of hydrogen-bond donors (Lipinski definition) is 0. The first-order valence-electron chi connectivity index (χ1n) is 8.51. The standard InChI is InChI=1S/C19H20BrN3OS/c1-3-24-16-8-7-13(20)10-14(16)18-17(15-6-4-5-9-21-15)22-19-23(18)11-12(2)25-19/h4-10,12,17-18H,3,11H2,1-2H3/t12-,17+,18+/m0/s1. The van der Waals surface area contributed by atoms with Gasteiger partial charge in [0, 0.05) is 28.0 Å². The van der Waals surface area contributed by atoms with E-state index in [1.807, 2.05) is 49.1 Å². The largest absolute Gasteiger partial charge is 0.494 e. The summed E-state index contributed by atoms with van der Waals surface area (Å²) in [6, 6.07) is 12.4. The van der Waals surface area contributed by atoms with Crippen LogP contribution >= 0.6 is 27.7 Å². The number of halogens is 1. The number of thioether (sulfide) groups is 1. The fraction of sp³-hybridized carbons (Fsp3) is 0.368. The van der Waals surface area contributed by atoms with Gasteiger partial charge >= 0.3 is 0 Å². The molecule has 3 atom stereocenters. The van der Waals surface area contributed by atoms with E-state index in [9.17, 15) is 0 Å². The van der Waals surface area contributed by atoms with Gasteiger partial charge in [0.1, 0.15) is 11.8 Å². The van der Waals surface area contributed by atoms with Gasteiger partial charge in [-0.05, 0) is 37.3 Å². The molecule has 0 saturated carbocycles. The van der Waals surface area contributed by atoms with Crippen LogP contribution in [0.3, 0.4) is 0 Å². The number of pyridine rings is 1. The first-order chi connectivity index (χ1) is 12.2. The highest BCUT2D eigenvalue weighted by Gasteiger charge is 2.44. The predicted molar refractivity (Wildman–Crippen MR) is 106 cm³/mol. The van der Waals surface area contributed by atoms with Gasteiger partial charge in [-0.1, -0.05) is 40.7 Å². The molecule has 0 N–H and O–H groups in total. The monoisotopic (exact) mass is 417 g/mol. The molecule has 1 aromatic carbocycles. The van der Waals surface area contributed by atoms with Crippen molar-refractivity contribution >= 4 is 32.9 Å². The Morgan fingerprint density at radius 3 is 2.96 bits per heavy atom. The molecule has 0 unspecified atom stereocenters. The SMILES string of the molecule is CCOc1ccc(Br)cc1[C@@H]1[C@@H](c2ccccn2)N=C2S[C@@H](C)CN21. The number of aromatic nitrogens is 1. The summed E-state index contributed by atoms with van der Waals surface area (Å²) in [5, 5.41) is 1.67. The molecule has 0 aliphatic carbocycles. The van der Waals surface area contributed by atoms with Gasteiger partial charge < -0.3 is 9.64 Å². The Kier molecular flexibility index (Phi) is 4.73. The first-order valence-corrected chi connectivity index (χ1v) is 10.2. The van der Waals surface area contributed by atoms with Gasteiger partial charge in [-0.2, -0.15) is 0 Å². The van der Waals surface area contributed by atoms with Crippen LogP contribution in [0.5, 0.6) is 5.75 Å². The summed E-state index contributed by atoms with van der Waals surface area (Å²) in [4.78, 5) is 12.0. The fourth-order valence-electron chi connectivity index (χ4n) is 3.49. The van der Waals surface area contributed by atoms with Gasteiger partial charge in [-0.15, -0.1) is 0 Å². The summed E-state index contributed by atoms with van der Waals surface area (Å²) in [5.41, 5.74) is 2.17. The number of benzene rings is 1. The smallest absolute Gasteiger partial charge is 0.160 e. The average Bonchev–Trinajstić information content (AvgIpc) is 3.13. The van der Waals surface area contributed by atoms with Crippen LogP contribution in [0.4, 0.5) is 0 Å². The zero-order valence-corrected chi connectivity index (χ0v) is 16.6. The topological polar surface area (TPSA) is 37.7 Å². The van der Waals surface area contributed by atoms with Crippen LogP contribution in [0.1, 0.15) is 37.2 Å². The molecule has 1 fully saturated rings. The molecule has 1 aromatic heterocycles. The quantitative estimate of drug-likeness (QED) is 0.713. The molecule has 2 aromatic rings. The molecule has 0 bridgehead atoms. The number of rotatable bonds is 4. The van der Waals surface area contributed by atoms with Gasteiger partial charge in [0.2, 0.25) is 0 Å². The van der Waals surface area contributed by atoms with E-state index >= 15 is 0 Å². The van der Waals surface area contributed by atoms with Gasteiger partial charge in [0.15, 0.2) is 5.17 Å². The molecule has 0 radical (unpaired) electrons. The third-order valence-electron chi connectivity index (χ3n) is 4.47. The minimum absolute atomic E-state index is 0.00953. The average molecular weight is 418 g/mol. The zero-order valence-electron chi connectivity index (χ0n) is 14.2. The molecule has 0 amide bonds. The van der Waals surface area contributed by atoms with Crippen molar-refractivity contribution in [1.82, 2.24) is 9.88 Å². The fourth-order valence-corrected chi connectivity index (χ4v) is 4.96. The lowest BCUT2D eigenvalue weighted by Gasteiger charge is -2.29. The van der Waals surface area contributed by atoms with Crippen molar-refractivity contribution < 1.29 is 4.74 Å². The number of ether oxygens (including phenoxy) is 1. The normalized spacial score (nSPS) is 25.0. The van der Waals surface area contributed by atoms with Gasteiger partial charge in [0.05, 0.1) is 18.3 Å². The Balaban J connectivity index is 1.81. The van der Waals surface area contributed by atoms with Crippen LogP contribution in [-0.4, -0.2) is 33.5 Å². The van der Waals surface area contributed by atoms with Crippen molar-refractivity contribution in [2.75, 3.05) is 13.2 Å². The maximum atomic E-state index is 5.94. The Morgan fingerprint density at radius 2 is 2.20 bits per heavy atom. The molecule has 0 spiro atoms. The number of nitrogens with zero attached hydrogens (tertiary/aromatic N) is 3. The molecular weight excluding hydrogens is 398 g/mol. The summed E-state index contributed by atoms with van der Waals surface area (Å²) < 4.78 is 6.99. The molecule has 4 nitrogen and oxygen atoms in total. The van der Waals surface area contributed by atoms with E-state index < -0.39 is 0 Å². The van der Waals surface area contributed by atoms with Crippen LogP contribution < -0.4 is 4.74 Å². The highest BCUT2D eigenvalue weighted by molar-refractivity contribution is 9.10. The van der Waals surface area contributed by atoms with Crippen molar-refractivity contribution in [3.63, 3.8) is 0 Å². The second-order valence-corrected chi connectivity index (χ2v) is 8.57. The molecule has 6 heteroatoms. The minimum Gasteiger partial charge on any atom is -0.494 e. The summed E-state index contributed by atoms with van der Waals surface area (Å²) >= 11 is 5.47. The number of hydrogen-bond acceptors (Lipinski definition) is 5. The van der Waals surface area contributed by atoms with Crippen molar-refractivity contribution in [1.29, 1.82) is 0 Å². The second kappa shape index (κ2) is 7.00. The lowest BCUT2D eigenvalue weighted by molar-refractivity contribution is 0.292. The maximum absolute atomic E-state index is 5.94. The summed E-state index contributed by atoms with van der Waals surface area (Å²) in [6.07, 6.45) is 1.84. The van der Waals surface area contributed by atoms with Gasteiger partial charge in [-0.25, -0.2) is 0 Å². The summed E-state index contributed by atoms with van der Waals surface area (Å²) in [5.74, 6) is 0.928. The highest BCUT2D eigenvalue weighted by atomic mass is 79.9. The van der Waals surface area contributed by atoms with E-state index in [2.05, 4.69) is 44.9 Å². The molecule has 1 saturated heterocycles. The maximum Gasteiger partial charge on any atom is 0.160 e. The molecule has 130 valence electrons. The van der Waals surface area contributed by atoms with Crippen LogP contribution in [0.2, 0.25) is 0 Å². The second-order valence-electron chi connectivity index (χ2n) is 6.25. The van der Waals surface area contributed by atoms with Crippen LogP contribution in [0.25, 0.3) is 0 Å². The Labute approximate surface area is 160 Å². The Bertz CT molecular complexity index is 799. The van der Waals surface area contributed by atoms with Gasteiger partial charge in [0.25, 0.3) is 0 Å². The minimum atomic E-state index is -0.00953. The lowest BCUT2D eigenvalue weighted by Crippen LogP contribution is -2.29. The van der Waals surface area contributed by atoms with Crippen LogP contribution in [0, 0.1) is 0 Å². The third-order valence-corrected chi connectivity index (χ3v) is 6.07. The highest BCUT2D eigenvalue weighted by Crippen LogP contribution is 2.49. The van der Waals surface area contributed by atoms with Crippen molar-refractivity contribution in [2.45, 2.75) is 31.2 Å². The third kappa shape index (κ3) is 3.17. The predicted octanol–water partition coefficient (Wildman–Crippen LogP) is 4.83. The van der Waals surface area contributed by atoms with E-state index in [1.165, 1.54) is 5.56 Å². The summed E-state index contributed by atoms with van der Waals surface area (Å²) in [6.45, 7) is 5.92. The van der Waals surface area contributed by atoms with Gasteiger partial charge in [-0.3, -0.25) is 9.98 Å². The van der Waals surface area contributed by atoms with Crippen LogP contribution in [0.15, 0.2) is 52.1 Å². The zero-order chi connectivity index (χ0) is 17.4. The number of aliphatic imine (C=N–C) groups is 1. The molecule has 4 rings (SSSR count).